The van der Waals surface area contributed by atoms with Gasteiger partial charge in [0.15, 0.2) is 0 Å². The van der Waals surface area contributed by atoms with Gasteiger partial charge in [0, 0.05) is 44.2 Å². The number of nitrogens with zero attached hydrogens (tertiary/aromatic N) is 5. The van der Waals surface area contributed by atoms with Crippen molar-refractivity contribution >= 4 is 11.7 Å². The number of nitrogens with one attached hydrogen (secondary N) is 1. The first-order valence-corrected chi connectivity index (χ1v) is 9.12. The third kappa shape index (κ3) is 3.49. The van der Waals surface area contributed by atoms with Crippen molar-refractivity contribution in [2.24, 2.45) is 13.0 Å². The monoisotopic (exact) mass is 356 g/mol. The summed E-state index contributed by atoms with van der Waals surface area (Å²) >= 11 is 0. The van der Waals surface area contributed by atoms with Gasteiger partial charge in [-0.1, -0.05) is 0 Å². The summed E-state index contributed by atoms with van der Waals surface area (Å²) in [5.41, 5.74) is 0.996. The second-order valence-electron chi connectivity index (χ2n) is 7.01. The number of carbonyl (C=O) groups excluding carboxylic acids is 1. The predicted octanol–water partition coefficient (Wildman–Crippen LogP) is 1.43. The molecule has 2 atom stereocenters. The number of anilines is 1. The molecule has 0 radical (unpaired) electrons. The molecule has 1 aliphatic carbocycles. The highest BCUT2D eigenvalue weighted by Gasteiger charge is 2.42. The molecule has 1 saturated heterocycles. The van der Waals surface area contributed by atoms with E-state index in [1.165, 1.54) is 6.33 Å². The minimum absolute atomic E-state index is 0.0528. The van der Waals surface area contributed by atoms with Gasteiger partial charge in [0.05, 0.1) is 24.7 Å². The molecule has 0 bridgehead atoms. The second kappa shape index (κ2) is 6.93. The fourth-order valence-electron chi connectivity index (χ4n) is 3.48. The first-order valence-electron chi connectivity index (χ1n) is 9.12. The fourth-order valence-corrected chi connectivity index (χ4v) is 3.48. The molecule has 1 amide bonds. The molecule has 3 heterocycles. The average Bonchev–Trinajstić information content (AvgIpc) is 3.26. The van der Waals surface area contributed by atoms with Crippen molar-refractivity contribution < 1.29 is 9.53 Å². The molecule has 2 aliphatic rings. The molecule has 2 aromatic rings. The number of imidazole rings is 1. The van der Waals surface area contributed by atoms with E-state index in [4.69, 9.17) is 4.74 Å². The number of amides is 1. The summed E-state index contributed by atoms with van der Waals surface area (Å²) < 4.78 is 7.39. The number of ether oxygens (including phenoxy) is 1. The number of aryl methyl sites for hydroxylation is 1. The van der Waals surface area contributed by atoms with E-state index in [1.807, 2.05) is 29.6 Å². The van der Waals surface area contributed by atoms with E-state index in [1.54, 1.807) is 12.4 Å². The van der Waals surface area contributed by atoms with Crippen molar-refractivity contribution in [3.63, 3.8) is 0 Å². The molecule has 1 saturated carbocycles. The van der Waals surface area contributed by atoms with Crippen LogP contribution in [-0.2, 0) is 11.8 Å². The molecule has 4 rings (SSSR count). The minimum Gasteiger partial charge on any atom is -0.478 e. The summed E-state index contributed by atoms with van der Waals surface area (Å²) in [5.74, 6) is 1.87. The molecule has 0 spiro atoms. The number of hydrogen-bond acceptors (Lipinski definition) is 6. The lowest BCUT2D eigenvalue weighted by Gasteiger charge is -2.19. The minimum atomic E-state index is 0.0528. The Labute approximate surface area is 152 Å². The number of aromatic nitrogens is 4. The SMILES string of the molecule is CCOc1cc(N[C@@H]2CN(C(=O)C3CC3)C[C@H]2c2cn(C)cn2)ncn1. The molecule has 2 aromatic heterocycles. The van der Waals surface area contributed by atoms with Crippen LogP contribution in [0.4, 0.5) is 5.82 Å². The van der Waals surface area contributed by atoms with E-state index in [2.05, 4.69) is 20.3 Å². The van der Waals surface area contributed by atoms with Gasteiger partial charge in [-0.25, -0.2) is 15.0 Å². The van der Waals surface area contributed by atoms with Crippen molar-refractivity contribution in [3.8, 4) is 5.88 Å². The highest BCUT2D eigenvalue weighted by Crippen LogP contribution is 2.35. The molecule has 8 heteroatoms. The topological polar surface area (TPSA) is 85.2 Å². The maximum atomic E-state index is 12.6. The third-order valence-corrected chi connectivity index (χ3v) is 4.93. The molecular formula is C18H24N6O2. The van der Waals surface area contributed by atoms with E-state index in [0.29, 0.717) is 31.4 Å². The Bertz CT molecular complexity index is 787. The highest BCUT2D eigenvalue weighted by atomic mass is 16.5. The Morgan fingerprint density at radius 2 is 2.15 bits per heavy atom. The summed E-state index contributed by atoms with van der Waals surface area (Å²) in [5, 5.41) is 3.47. The predicted molar refractivity (Wildman–Crippen MR) is 95.9 cm³/mol. The molecule has 138 valence electrons. The Kier molecular flexibility index (Phi) is 4.48. The van der Waals surface area contributed by atoms with Gasteiger partial charge in [-0.05, 0) is 19.8 Å². The zero-order valence-electron chi connectivity index (χ0n) is 15.1. The van der Waals surface area contributed by atoms with Crippen molar-refractivity contribution in [2.75, 3.05) is 25.0 Å². The van der Waals surface area contributed by atoms with E-state index >= 15 is 0 Å². The largest absolute Gasteiger partial charge is 0.478 e. The molecule has 0 aromatic carbocycles. The Morgan fingerprint density at radius 1 is 1.31 bits per heavy atom. The van der Waals surface area contributed by atoms with Crippen LogP contribution in [0.1, 0.15) is 31.4 Å². The van der Waals surface area contributed by atoms with Gasteiger partial charge in [-0.3, -0.25) is 4.79 Å². The number of rotatable bonds is 6. The Hall–Kier alpha value is -2.64. The molecule has 1 aliphatic heterocycles. The van der Waals surface area contributed by atoms with E-state index in [0.717, 1.165) is 18.5 Å². The van der Waals surface area contributed by atoms with Gasteiger partial charge in [-0.15, -0.1) is 0 Å². The van der Waals surface area contributed by atoms with E-state index < -0.39 is 0 Å². The van der Waals surface area contributed by atoms with Crippen LogP contribution in [0.15, 0.2) is 24.9 Å². The van der Waals surface area contributed by atoms with Crippen LogP contribution in [0, 0.1) is 5.92 Å². The highest BCUT2D eigenvalue weighted by molar-refractivity contribution is 5.81. The van der Waals surface area contributed by atoms with Crippen LogP contribution in [0.2, 0.25) is 0 Å². The maximum absolute atomic E-state index is 12.6. The van der Waals surface area contributed by atoms with Gasteiger partial charge >= 0.3 is 0 Å². The lowest BCUT2D eigenvalue weighted by Crippen LogP contribution is -2.32. The van der Waals surface area contributed by atoms with Crippen LogP contribution in [-0.4, -0.2) is 56.1 Å². The molecule has 26 heavy (non-hydrogen) atoms. The van der Waals surface area contributed by atoms with Gasteiger partial charge < -0.3 is 19.5 Å². The summed E-state index contributed by atoms with van der Waals surface area (Å²) in [6.07, 6.45) is 7.35. The third-order valence-electron chi connectivity index (χ3n) is 4.93. The molecular weight excluding hydrogens is 332 g/mol. The van der Waals surface area contributed by atoms with Crippen molar-refractivity contribution in [3.05, 3.63) is 30.6 Å². The van der Waals surface area contributed by atoms with Crippen LogP contribution in [0.3, 0.4) is 0 Å². The Balaban J connectivity index is 1.54. The quantitative estimate of drug-likeness (QED) is 0.843. The lowest BCUT2D eigenvalue weighted by atomic mass is 10.0. The normalized spacial score (nSPS) is 22.5. The molecule has 1 N–H and O–H groups in total. The zero-order chi connectivity index (χ0) is 18.1. The first-order chi connectivity index (χ1) is 12.6. The zero-order valence-corrected chi connectivity index (χ0v) is 15.1. The molecule has 0 unspecified atom stereocenters. The Morgan fingerprint density at radius 3 is 2.85 bits per heavy atom. The van der Waals surface area contributed by atoms with Crippen LogP contribution >= 0.6 is 0 Å². The van der Waals surface area contributed by atoms with Crippen LogP contribution in [0.25, 0.3) is 0 Å². The van der Waals surface area contributed by atoms with Crippen molar-refractivity contribution in [1.29, 1.82) is 0 Å². The van der Waals surface area contributed by atoms with Crippen molar-refractivity contribution in [2.45, 2.75) is 31.7 Å². The number of carbonyl (C=O) groups is 1. The van der Waals surface area contributed by atoms with Gasteiger partial charge in [0.2, 0.25) is 11.8 Å². The average molecular weight is 356 g/mol. The number of hydrogen-bond donors (Lipinski definition) is 1. The van der Waals surface area contributed by atoms with Gasteiger partial charge in [0.1, 0.15) is 12.1 Å². The van der Waals surface area contributed by atoms with Crippen molar-refractivity contribution in [1.82, 2.24) is 24.4 Å². The van der Waals surface area contributed by atoms with Crippen LogP contribution < -0.4 is 10.1 Å². The first kappa shape index (κ1) is 16.8. The maximum Gasteiger partial charge on any atom is 0.225 e. The number of likely N-dealkylation sites (tertiary alicyclic amines) is 1. The van der Waals surface area contributed by atoms with Gasteiger partial charge in [-0.2, -0.15) is 0 Å². The standard InChI is InChI=1S/C18H24N6O2/c1-3-26-17-6-16(19-10-20-17)22-15-9-24(18(25)12-4-5-12)7-13(15)14-8-23(2)11-21-14/h6,8,10-13,15H,3-5,7,9H2,1-2H3,(H,19,20,22)/t13-,15+/m0/s1. The van der Waals surface area contributed by atoms with Gasteiger partial charge in [0.25, 0.3) is 0 Å². The van der Waals surface area contributed by atoms with E-state index in [9.17, 15) is 4.79 Å². The summed E-state index contributed by atoms with van der Waals surface area (Å²) in [7, 11) is 1.96. The van der Waals surface area contributed by atoms with Crippen LogP contribution in [0.5, 0.6) is 5.88 Å². The van der Waals surface area contributed by atoms with E-state index in [-0.39, 0.29) is 23.8 Å². The molecule has 2 fully saturated rings. The molecule has 8 nitrogen and oxygen atoms in total. The summed E-state index contributed by atoms with van der Waals surface area (Å²) in [6.45, 7) is 3.82. The summed E-state index contributed by atoms with van der Waals surface area (Å²) in [6, 6.07) is 1.85. The fraction of sp³-hybridized carbons (Fsp3) is 0.556. The smallest absolute Gasteiger partial charge is 0.225 e. The lowest BCUT2D eigenvalue weighted by molar-refractivity contribution is -0.131. The second-order valence-corrected chi connectivity index (χ2v) is 7.01. The summed E-state index contributed by atoms with van der Waals surface area (Å²) in [4.78, 5) is 27.5.